The highest BCUT2D eigenvalue weighted by Crippen LogP contribution is 2.05. The molecule has 2 N–H and O–H groups in total. The van der Waals surface area contributed by atoms with E-state index in [2.05, 4.69) is 18.0 Å². The van der Waals surface area contributed by atoms with Crippen molar-refractivity contribution < 1.29 is 15.0 Å². The van der Waals surface area contributed by atoms with Crippen molar-refractivity contribution in [3.8, 4) is 0 Å². The van der Waals surface area contributed by atoms with Crippen LogP contribution in [0.15, 0.2) is 24.5 Å². The van der Waals surface area contributed by atoms with E-state index in [1.807, 2.05) is 18.5 Å². The van der Waals surface area contributed by atoms with Gasteiger partial charge in [-0.25, -0.2) is 4.79 Å². The first-order valence-electron chi connectivity index (χ1n) is 5.47. The van der Waals surface area contributed by atoms with Gasteiger partial charge in [0.25, 0.3) is 0 Å². The maximum absolute atomic E-state index is 8.56. The van der Waals surface area contributed by atoms with Crippen molar-refractivity contribution in [3.63, 3.8) is 0 Å². The van der Waals surface area contributed by atoms with E-state index in [-0.39, 0.29) is 0 Å². The molecule has 0 aliphatic rings. The Kier molecular flexibility index (Phi) is 8.97. The fourth-order valence-corrected chi connectivity index (χ4v) is 1.30. The molecule has 0 amide bonds. The van der Waals surface area contributed by atoms with Crippen molar-refractivity contribution in [1.29, 1.82) is 0 Å². The zero-order valence-corrected chi connectivity index (χ0v) is 9.59. The molecular weight excluding hydrogens is 206 g/mol. The van der Waals surface area contributed by atoms with E-state index in [1.54, 1.807) is 0 Å². The first-order valence-corrected chi connectivity index (χ1v) is 5.47. The van der Waals surface area contributed by atoms with Gasteiger partial charge in [-0.2, -0.15) is 0 Å². The van der Waals surface area contributed by atoms with Gasteiger partial charge < -0.3 is 10.2 Å². The molecule has 0 aliphatic carbocycles. The van der Waals surface area contributed by atoms with E-state index in [9.17, 15) is 0 Å². The second-order valence-corrected chi connectivity index (χ2v) is 3.45. The molecular formula is C12H19NO3. The number of aryl methyl sites for hydroxylation is 1. The van der Waals surface area contributed by atoms with Gasteiger partial charge in [-0.15, -0.1) is 0 Å². The highest BCUT2D eigenvalue weighted by molar-refractivity contribution is 5.53. The summed E-state index contributed by atoms with van der Waals surface area (Å²) >= 11 is 0. The van der Waals surface area contributed by atoms with Gasteiger partial charge in [0.2, 0.25) is 0 Å². The largest absolute Gasteiger partial charge is 0.503 e. The lowest BCUT2D eigenvalue weighted by Crippen LogP contribution is -1.85. The van der Waals surface area contributed by atoms with E-state index in [4.69, 9.17) is 15.0 Å². The van der Waals surface area contributed by atoms with Crippen LogP contribution >= 0.6 is 0 Å². The van der Waals surface area contributed by atoms with Crippen LogP contribution in [0.3, 0.4) is 0 Å². The molecule has 16 heavy (non-hydrogen) atoms. The van der Waals surface area contributed by atoms with Crippen molar-refractivity contribution in [1.82, 2.24) is 4.98 Å². The number of hydrogen-bond donors (Lipinski definition) is 2. The molecule has 0 radical (unpaired) electrons. The Morgan fingerprint density at radius 1 is 1.31 bits per heavy atom. The predicted molar refractivity (Wildman–Crippen MR) is 62.7 cm³/mol. The first kappa shape index (κ1) is 14.4. The SMILES string of the molecule is CCCCCCc1cccnc1.O=C(O)O. The van der Waals surface area contributed by atoms with E-state index >= 15 is 0 Å². The molecule has 0 aromatic carbocycles. The number of nitrogens with zero attached hydrogens (tertiary/aromatic N) is 1. The van der Waals surface area contributed by atoms with Crippen LogP contribution in [0.25, 0.3) is 0 Å². The Bertz CT molecular complexity index is 271. The number of pyridine rings is 1. The summed E-state index contributed by atoms with van der Waals surface area (Å²) in [6, 6.07) is 4.16. The number of aromatic nitrogens is 1. The molecule has 0 aliphatic heterocycles. The summed E-state index contributed by atoms with van der Waals surface area (Å²) < 4.78 is 0. The number of unbranched alkanes of at least 4 members (excludes halogenated alkanes) is 3. The molecule has 4 nitrogen and oxygen atoms in total. The van der Waals surface area contributed by atoms with Crippen LogP contribution in [0.2, 0.25) is 0 Å². The van der Waals surface area contributed by atoms with E-state index in [0.29, 0.717) is 0 Å². The van der Waals surface area contributed by atoms with Crippen LogP contribution in [-0.2, 0) is 6.42 Å². The summed E-state index contributed by atoms with van der Waals surface area (Å²) in [7, 11) is 0. The van der Waals surface area contributed by atoms with Gasteiger partial charge in [0.05, 0.1) is 0 Å². The zero-order chi connectivity index (χ0) is 12.2. The second kappa shape index (κ2) is 9.96. The van der Waals surface area contributed by atoms with Crippen LogP contribution in [0.5, 0.6) is 0 Å². The van der Waals surface area contributed by atoms with Crippen molar-refractivity contribution in [2.75, 3.05) is 0 Å². The van der Waals surface area contributed by atoms with Crippen molar-refractivity contribution in [2.24, 2.45) is 0 Å². The van der Waals surface area contributed by atoms with Crippen LogP contribution in [0, 0.1) is 0 Å². The van der Waals surface area contributed by atoms with Gasteiger partial charge in [0.15, 0.2) is 0 Å². The molecule has 1 aromatic heterocycles. The first-order chi connectivity index (χ1) is 7.66. The molecule has 0 unspecified atom stereocenters. The smallest absolute Gasteiger partial charge is 0.450 e. The van der Waals surface area contributed by atoms with Gasteiger partial charge >= 0.3 is 6.16 Å². The summed E-state index contributed by atoms with van der Waals surface area (Å²) in [5, 5.41) is 13.9. The molecule has 0 bridgehead atoms. The topological polar surface area (TPSA) is 70.4 Å². The molecule has 4 heteroatoms. The molecule has 1 rings (SSSR count). The Labute approximate surface area is 96.0 Å². The standard InChI is InChI=1S/C11H17N.CH2O3/c1-2-3-4-5-7-11-8-6-9-12-10-11;2-1(3)4/h6,8-10H,2-5,7H2,1H3;(H2,2,3,4). The predicted octanol–water partition coefficient (Wildman–Crippen LogP) is 3.43. The summed E-state index contributed by atoms with van der Waals surface area (Å²) in [6.07, 6.45) is 8.48. The van der Waals surface area contributed by atoms with E-state index < -0.39 is 6.16 Å². The Balaban J connectivity index is 0.000000487. The van der Waals surface area contributed by atoms with E-state index in [0.717, 1.165) is 0 Å². The molecule has 0 saturated heterocycles. The molecule has 0 spiro atoms. The van der Waals surface area contributed by atoms with Crippen LogP contribution < -0.4 is 0 Å². The number of hydrogen-bond acceptors (Lipinski definition) is 2. The lowest BCUT2D eigenvalue weighted by molar-refractivity contribution is 0.137. The fraction of sp³-hybridized carbons (Fsp3) is 0.500. The third-order valence-corrected chi connectivity index (χ3v) is 2.04. The van der Waals surface area contributed by atoms with Crippen LogP contribution in [0.1, 0.15) is 38.2 Å². The zero-order valence-electron chi connectivity index (χ0n) is 9.59. The third kappa shape index (κ3) is 10.5. The lowest BCUT2D eigenvalue weighted by atomic mass is 10.1. The maximum Gasteiger partial charge on any atom is 0.503 e. The lowest BCUT2D eigenvalue weighted by Gasteiger charge is -1.98. The van der Waals surface area contributed by atoms with Gasteiger partial charge in [-0.05, 0) is 24.5 Å². The van der Waals surface area contributed by atoms with Crippen molar-refractivity contribution in [2.45, 2.75) is 39.0 Å². The highest BCUT2D eigenvalue weighted by Gasteiger charge is 1.91. The van der Waals surface area contributed by atoms with E-state index in [1.165, 1.54) is 37.7 Å². The third-order valence-electron chi connectivity index (χ3n) is 2.04. The van der Waals surface area contributed by atoms with Gasteiger partial charge in [-0.1, -0.05) is 32.3 Å². The average molecular weight is 225 g/mol. The molecule has 90 valence electrons. The Morgan fingerprint density at radius 3 is 2.50 bits per heavy atom. The summed E-state index contributed by atoms with van der Waals surface area (Å²) in [5.41, 5.74) is 1.37. The highest BCUT2D eigenvalue weighted by atomic mass is 16.6. The molecule has 1 heterocycles. The number of rotatable bonds is 5. The van der Waals surface area contributed by atoms with Gasteiger partial charge in [0.1, 0.15) is 0 Å². The molecule has 0 fully saturated rings. The van der Waals surface area contributed by atoms with Crippen LogP contribution in [0.4, 0.5) is 4.79 Å². The molecule has 0 saturated carbocycles. The fourth-order valence-electron chi connectivity index (χ4n) is 1.30. The van der Waals surface area contributed by atoms with Gasteiger partial charge in [-0.3, -0.25) is 4.98 Å². The molecule has 0 atom stereocenters. The minimum absolute atomic E-state index is 1.19. The monoisotopic (exact) mass is 225 g/mol. The maximum atomic E-state index is 8.56. The number of carbonyl (C=O) groups is 1. The van der Waals surface area contributed by atoms with Crippen LogP contribution in [-0.4, -0.2) is 21.4 Å². The summed E-state index contributed by atoms with van der Waals surface area (Å²) in [4.78, 5) is 12.6. The number of carboxylic acid groups (broad SMARTS) is 2. The summed E-state index contributed by atoms with van der Waals surface area (Å²) in [5.74, 6) is 0. The minimum Gasteiger partial charge on any atom is -0.450 e. The Morgan fingerprint density at radius 2 is 2.00 bits per heavy atom. The quantitative estimate of drug-likeness (QED) is 0.753. The Hall–Kier alpha value is -1.58. The summed E-state index contributed by atoms with van der Waals surface area (Å²) in [6.45, 7) is 2.24. The minimum atomic E-state index is -1.83. The van der Waals surface area contributed by atoms with Gasteiger partial charge in [0, 0.05) is 12.4 Å². The van der Waals surface area contributed by atoms with Crippen molar-refractivity contribution >= 4 is 6.16 Å². The molecule has 1 aromatic rings. The average Bonchev–Trinajstić information content (AvgIpc) is 2.25. The van der Waals surface area contributed by atoms with Crippen molar-refractivity contribution in [3.05, 3.63) is 30.1 Å². The second-order valence-electron chi connectivity index (χ2n) is 3.45. The normalized spacial score (nSPS) is 9.06.